The van der Waals surface area contributed by atoms with Crippen molar-refractivity contribution < 1.29 is 27.8 Å². The summed E-state index contributed by atoms with van der Waals surface area (Å²) in [6.07, 6.45) is 0. The summed E-state index contributed by atoms with van der Waals surface area (Å²) in [6.45, 7) is -0.387. The van der Waals surface area contributed by atoms with Gasteiger partial charge in [-0.05, 0) is 36.8 Å². The first-order valence-corrected chi connectivity index (χ1v) is 8.32. The van der Waals surface area contributed by atoms with Crippen LogP contribution in [0.4, 0.5) is 19.3 Å². The summed E-state index contributed by atoms with van der Waals surface area (Å²) in [5, 5.41) is 5.46. The molecule has 1 atom stereocenters. The number of urea groups is 1. The number of hydrogen-bond donors (Lipinski definition) is 2. The summed E-state index contributed by atoms with van der Waals surface area (Å²) in [5.74, 6) is 0.554. The highest BCUT2D eigenvalue weighted by molar-refractivity contribution is 5.91. The molecule has 0 spiro atoms. The van der Waals surface area contributed by atoms with E-state index in [4.69, 9.17) is 9.47 Å². The molecule has 2 aromatic rings. The molecule has 8 heteroatoms. The number of nitrogens with one attached hydrogen (secondary N) is 2. The van der Waals surface area contributed by atoms with Gasteiger partial charge in [-0.15, -0.1) is 0 Å². The molecule has 0 heterocycles. The van der Waals surface area contributed by atoms with Gasteiger partial charge in [0.2, 0.25) is 0 Å². The standard InChI is InChI=1S/C19H22F2N2O4/c1-13(14-6-5-7-15(12-14)27-18(20)21)22-19(24)23-16-8-3-4-9-17(16)26-11-10-25-2/h3-9,12-13,18H,10-11H2,1-2H3,(H2,22,23,24). The van der Waals surface area contributed by atoms with Crippen molar-refractivity contribution in [3.63, 3.8) is 0 Å². The number of rotatable bonds is 9. The van der Waals surface area contributed by atoms with E-state index in [0.29, 0.717) is 30.2 Å². The molecule has 2 aromatic carbocycles. The van der Waals surface area contributed by atoms with E-state index in [2.05, 4.69) is 15.4 Å². The first-order chi connectivity index (χ1) is 13.0. The first kappa shape index (κ1) is 20.4. The topological polar surface area (TPSA) is 68.8 Å². The van der Waals surface area contributed by atoms with Gasteiger partial charge in [-0.1, -0.05) is 24.3 Å². The number of para-hydroxylation sites is 2. The zero-order valence-electron chi connectivity index (χ0n) is 15.1. The fourth-order valence-electron chi connectivity index (χ4n) is 2.33. The van der Waals surface area contributed by atoms with Crippen LogP contribution in [-0.4, -0.2) is 33.0 Å². The zero-order chi connectivity index (χ0) is 19.6. The second-order valence-corrected chi connectivity index (χ2v) is 5.61. The number of benzene rings is 2. The van der Waals surface area contributed by atoms with Gasteiger partial charge < -0.3 is 24.8 Å². The monoisotopic (exact) mass is 380 g/mol. The predicted octanol–water partition coefficient (Wildman–Crippen LogP) is 4.20. The number of carbonyl (C=O) groups is 1. The van der Waals surface area contributed by atoms with Crippen LogP contribution in [0.3, 0.4) is 0 Å². The molecule has 0 saturated heterocycles. The quantitative estimate of drug-likeness (QED) is 0.640. The van der Waals surface area contributed by atoms with Crippen LogP contribution in [0.1, 0.15) is 18.5 Å². The number of halogens is 2. The van der Waals surface area contributed by atoms with Crippen LogP contribution in [0.2, 0.25) is 0 Å². The van der Waals surface area contributed by atoms with Crippen molar-refractivity contribution in [3.05, 3.63) is 54.1 Å². The molecule has 0 bridgehead atoms. The number of anilines is 1. The molecule has 2 N–H and O–H groups in total. The van der Waals surface area contributed by atoms with Crippen molar-refractivity contribution in [1.82, 2.24) is 5.32 Å². The highest BCUT2D eigenvalue weighted by Gasteiger charge is 2.13. The van der Waals surface area contributed by atoms with E-state index in [1.165, 1.54) is 12.1 Å². The molecule has 0 saturated carbocycles. The first-order valence-electron chi connectivity index (χ1n) is 8.32. The molecule has 0 aliphatic heterocycles. The molecule has 0 fully saturated rings. The Balaban J connectivity index is 1.97. The number of ether oxygens (including phenoxy) is 3. The molecular weight excluding hydrogens is 358 g/mol. The van der Waals surface area contributed by atoms with Gasteiger partial charge >= 0.3 is 12.6 Å². The molecule has 0 radical (unpaired) electrons. The largest absolute Gasteiger partial charge is 0.489 e. The average molecular weight is 380 g/mol. The smallest absolute Gasteiger partial charge is 0.387 e. The molecule has 146 valence electrons. The number of amides is 2. The van der Waals surface area contributed by atoms with Crippen LogP contribution in [0.25, 0.3) is 0 Å². The molecular formula is C19H22F2N2O4. The summed E-state index contributed by atoms with van der Waals surface area (Å²) < 4.78 is 39.5. The Bertz CT molecular complexity index is 743. The maximum absolute atomic E-state index is 12.3. The third-order valence-corrected chi connectivity index (χ3v) is 3.61. The minimum absolute atomic E-state index is 0.0356. The van der Waals surface area contributed by atoms with Crippen LogP contribution in [-0.2, 0) is 4.74 Å². The molecule has 27 heavy (non-hydrogen) atoms. The number of carbonyl (C=O) groups excluding carboxylic acids is 1. The van der Waals surface area contributed by atoms with Gasteiger partial charge in [-0.2, -0.15) is 8.78 Å². The highest BCUT2D eigenvalue weighted by atomic mass is 19.3. The van der Waals surface area contributed by atoms with Crippen LogP contribution < -0.4 is 20.1 Å². The summed E-state index contributed by atoms with van der Waals surface area (Å²) in [6, 6.07) is 12.3. The zero-order valence-corrected chi connectivity index (χ0v) is 15.1. The van der Waals surface area contributed by atoms with Crippen molar-refractivity contribution in [2.45, 2.75) is 19.6 Å². The lowest BCUT2D eigenvalue weighted by Gasteiger charge is -2.17. The molecule has 6 nitrogen and oxygen atoms in total. The third kappa shape index (κ3) is 6.74. The van der Waals surface area contributed by atoms with Gasteiger partial charge in [0, 0.05) is 7.11 Å². The van der Waals surface area contributed by atoms with Crippen LogP contribution >= 0.6 is 0 Å². The number of methoxy groups -OCH3 is 1. The maximum atomic E-state index is 12.3. The Morgan fingerprint density at radius 1 is 1.11 bits per heavy atom. The number of hydrogen-bond acceptors (Lipinski definition) is 4. The van der Waals surface area contributed by atoms with Crippen LogP contribution in [0.15, 0.2) is 48.5 Å². The summed E-state index contributed by atoms with van der Waals surface area (Å²) >= 11 is 0. The Kier molecular flexibility index (Phi) is 7.81. The summed E-state index contributed by atoms with van der Waals surface area (Å²) in [5.41, 5.74) is 1.14. The van der Waals surface area contributed by atoms with E-state index in [0.717, 1.165) is 0 Å². The van der Waals surface area contributed by atoms with Crippen molar-refractivity contribution in [1.29, 1.82) is 0 Å². The lowest BCUT2D eigenvalue weighted by Crippen LogP contribution is -2.31. The Labute approximate surface area is 156 Å². The fourth-order valence-corrected chi connectivity index (χ4v) is 2.33. The minimum Gasteiger partial charge on any atom is -0.489 e. The van der Waals surface area contributed by atoms with Gasteiger partial charge in [0.05, 0.1) is 18.3 Å². The lowest BCUT2D eigenvalue weighted by atomic mass is 10.1. The van der Waals surface area contributed by atoms with Gasteiger partial charge in [0.15, 0.2) is 0 Å². The Morgan fingerprint density at radius 3 is 2.63 bits per heavy atom. The van der Waals surface area contributed by atoms with Crippen LogP contribution in [0.5, 0.6) is 11.5 Å². The highest BCUT2D eigenvalue weighted by Crippen LogP contribution is 2.24. The summed E-state index contributed by atoms with van der Waals surface area (Å²) in [4.78, 5) is 12.3. The Hall–Kier alpha value is -2.87. The molecule has 0 aliphatic rings. The van der Waals surface area contributed by atoms with Gasteiger partial charge in [-0.3, -0.25) is 0 Å². The van der Waals surface area contributed by atoms with Crippen molar-refractivity contribution in [2.24, 2.45) is 0 Å². The minimum atomic E-state index is -2.90. The normalized spacial score (nSPS) is 11.7. The molecule has 1 unspecified atom stereocenters. The Morgan fingerprint density at radius 2 is 1.89 bits per heavy atom. The molecule has 2 amide bonds. The predicted molar refractivity (Wildman–Crippen MR) is 97.5 cm³/mol. The second-order valence-electron chi connectivity index (χ2n) is 5.61. The van der Waals surface area contributed by atoms with E-state index < -0.39 is 18.7 Å². The van der Waals surface area contributed by atoms with E-state index >= 15 is 0 Å². The lowest BCUT2D eigenvalue weighted by molar-refractivity contribution is -0.0499. The van der Waals surface area contributed by atoms with Crippen molar-refractivity contribution in [2.75, 3.05) is 25.6 Å². The second kappa shape index (κ2) is 10.3. The summed E-state index contributed by atoms with van der Waals surface area (Å²) in [7, 11) is 1.57. The maximum Gasteiger partial charge on any atom is 0.387 e. The molecule has 0 aliphatic carbocycles. The van der Waals surface area contributed by atoms with Crippen molar-refractivity contribution >= 4 is 11.7 Å². The number of alkyl halides is 2. The van der Waals surface area contributed by atoms with Gasteiger partial charge in [0.25, 0.3) is 0 Å². The molecule has 0 aromatic heterocycles. The SMILES string of the molecule is COCCOc1ccccc1NC(=O)NC(C)c1cccc(OC(F)F)c1. The van der Waals surface area contributed by atoms with E-state index in [1.807, 2.05) is 0 Å². The van der Waals surface area contributed by atoms with Crippen molar-refractivity contribution in [3.8, 4) is 11.5 Å². The average Bonchev–Trinajstić information content (AvgIpc) is 2.63. The van der Waals surface area contributed by atoms with E-state index in [1.54, 1.807) is 50.4 Å². The fraction of sp³-hybridized carbons (Fsp3) is 0.316. The molecule has 2 rings (SSSR count). The van der Waals surface area contributed by atoms with E-state index in [-0.39, 0.29) is 5.75 Å². The third-order valence-electron chi connectivity index (χ3n) is 3.61. The van der Waals surface area contributed by atoms with E-state index in [9.17, 15) is 13.6 Å². The van der Waals surface area contributed by atoms with Gasteiger partial charge in [-0.25, -0.2) is 4.79 Å². The van der Waals surface area contributed by atoms with Gasteiger partial charge in [0.1, 0.15) is 18.1 Å². The van der Waals surface area contributed by atoms with Crippen LogP contribution in [0, 0.1) is 0 Å².